The van der Waals surface area contributed by atoms with Gasteiger partial charge in [0.15, 0.2) is 5.75 Å². The fraction of sp³-hybridized carbons (Fsp3) is 0.417. The maximum absolute atomic E-state index is 12.0. The molecule has 0 saturated carbocycles. The predicted octanol–water partition coefficient (Wildman–Crippen LogP) is -0.133. The van der Waals surface area contributed by atoms with Crippen LogP contribution in [0.15, 0.2) is 18.2 Å². The summed E-state index contributed by atoms with van der Waals surface area (Å²) < 4.78 is 0. The van der Waals surface area contributed by atoms with Gasteiger partial charge in [-0.05, 0) is 19.2 Å². The molecule has 0 aromatic heterocycles. The first kappa shape index (κ1) is 12.7. The van der Waals surface area contributed by atoms with Crippen molar-refractivity contribution in [1.82, 2.24) is 15.3 Å². The first-order valence-electron chi connectivity index (χ1n) is 5.90. The summed E-state index contributed by atoms with van der Waals surface area (Å²) in [5, 5.41) is 11.6. The molecule has 6 nitrogen and oxygen atoms in total. The van der Waals surface area contributed by atoms with E-state index in [4.69, 9.17) is 5.73 Å². The summed E-state index contributed by atoms with van der Waals surface area (Å²) in [5.74, 6) is -0.492. The number of nitrogens with zero attached hydrogens (tertiary/aromatic N) is 2. The van der Waals surface area contributed by atoms with E-state index in [2.05, 4.69) is 10.3 Å². The van der Waals surface area contributed by atoms with Crippen LogP contribution in [0.4, 0.5) is 5.69 Å². The molecular weight excluding hydrogens is 232 g/mol. The summed E-state index contributed by atoms with van der Waals surface area (Å²) in [7, 11) is 2.04. The van der Waals surface area contributed by atoms with E-state index in [0.717, 1.165) is 26.2 Å². The number of rotatable bonds is 2. The van der Waals surface area contributed by atoms with Gasteiger partial charge in [-0.15, -0.1) is 0 Å². The van der Waals surface area contributed by atoms with Gasteiger partial charge in [-0.1, -0.05) is 6.07 Å². The molecule has 1 saturated heterocycles. The second kappa shape index (κ2) is 5.24. The lowest BCUT2D eigenvalue weighted by atomic mass is 10.1. The molecule has 0 unspecified atom stereocenters. The molecule has 1 amide bonds. The van der Waals surface area contributed by atoms with E-state index in [9.17, 15) is 9.90 Å². The van der Waals surface area contributed by atoms with Gasteiger partial charge in [-0.3, -0.25) is 10.2 Å². The molecule has 1 heterocycles. The lowest BCUT2D eigenvalue weighted by molar-refractivity contribution is 0.0660. The second-order valence-corrected chi connectivity index (χ2v) is 4.47. The molecule has 1 aliphatic rings. The maximum atomic E-state index is 12.0. The highest BCUT2D eigenvalue weighted by molar-refractivity contribution is 5.98. The molecule has 6 heteroatoms. The average Bonchev–Trinajstić information content (AvgIpc) is 2.35. The summed E-state index contributed by atoms with van der Waals surface area (Å²) in [6, 6.07) is 4.76. The van der Waals surface area contributed by atoms with Crippen LogP contribution in [0.25, 0.3) is 0 Å². The molecule has 0 radical (unpaired) electrons. The quantitative estimate of drug-likeness (QED) is 0.503. The summed E-state index contributed by atoms with van der Waals surface area (Å²) in [6.07, 6.45) is 0. The van der Waals surface area contributed by atoms with Crippen molar-refractivity contribution in [2.45, 2.75) is 0 Å². The van der Waals surface area contributed by atoms with E-state index in [1.165, 1.54) is 0 Å². The van der Waals surface area contributed by atoms with Crippen LogP contribution in [-0.4, -0.2) is 54.1 Å². The zero-order chi connectivity index (χ0) is 13.1. The number of nitrogen functional groups attached to an aromatic ring is 1. The Morgan fingerprint density at radius 1 is 1.33 bits per heavy atom. The number of hydrogen-bond donors (Lipinski definition) is 3. The van der Waals surface area contributed by atoms with E-state index in [0.29, 0.717) is 0 Å². The Kier molecular flexibility index (Phi) is 3.69. The van der Waals surface area contributed by atoms with Crippen LogP contribution in [0, 0.1) is 0 Å². The fourth-order valence-corrected chi connectivity index (χ4v) is 1.87. The van der Waals surface area contributed by atoms with Crippen molar-refractivity contribution in [3.8, 4) is 5.75 Å². The molecule has 4 N–H and O–H groups in total. The number of amides is 1. The van der Waals surface area contributed by atoms with Gasteiger partial charge in [-0.25, -0.2) is 5.01 Å². The molecule has 0 aliphatic carbocycles. The third-order valence-electron chi connectivity index (χ3n) is 3.07. The van der Waals surface area contributed by atoms with Gasteiger partial charge in [0.25, 0.3) is 5.91 Å². The number of hydrogen-bond acceptors (Lipinski definition) is 5. The Hall–Kier alpha value is -1.79. The molecule has 0 bridgehead atoms. The molecule has 18 heavy (non-hydrogen) atoms. The molecular formula is C12H18N4O2. The number of carbonyl (C=O) groups is 1. The van der Waals surface area contributed by atoms with Crippen LogP contribution in [-0.2, 0) is 0 Å². The second-order valence-electron chi connectivity index (χ2n) is 4.47. The van der Waals surface area contributed by atoms with Gasteiger partial charge in [0, 0.05) is 26.2 Å². The number of hydrazine groups is 1. The topological polar surface area (TPSA) is 81.8 Å². The minimum absolute atomic E-state index is 0.163. The normalized spacial score (nSPS) is 17.6. The summed E-state index contributed by atoms with van der Waals surface area (Å²) in [4.78, 5) is 14.2. The van der Waals surface area contributed by atoms with Crippen molar-refractivity contribution >= 4 is 11.6 Å². The number of nitrogens with two attached hydrogens (primary N) is 1. The number of benzene rings is 1. The van der Waals surface area contributed by atoms with Crippen LogP contribution in [0.2, 0.25) is 0 Å². The van der Waals surface area contributed by atoms with Gasteiger partial charge in [0.1, 0.15) is 0 Å². The largest absolute Gasteiger partial charge is 0.505 e. The highest BCUT2D eigenvalue weighted by atomic mass is 16.3. The van der Waals surface area contributed by atoms with Crippen molar-refractivity contribution < 1.29 is 9.90 Å². The van der Waals surface area contributed by atoms with E-state index >= 15 is 0 Å². The van der Waals surface area contributed by atoms with Crippen molar-refractivity contribution in [1.29, 1.82) is 0 Å². The lowest BCUT2D eigenvalue weighted by Gasteiger charge is -2.32. The Bertz CT molecular complexity index is 442. The van der Waals surface area contributed by atoms with E-state index < -0.39 is 0 Å². The Balaban J connectivity index is 2.01. The molecule has 1 fully saturated rings. The number of para-hydroxylation sites is 1. The predicted molar refractivity (Wildman–Crippen MR) is 69.1 cm³/mol. The molecule has 1 aliphatic heterocycles. The number of piperazine rings is 1. The summed E-state index contributed by atoms with van der Waals surface area (Å²) in [6.45, 7) is 3.35. The smallest absolute Gasteiger partial charge is 0.269 e. The minimum Gasteiger partial charge on any atom is -0.505 e. The molecule has 2 rings (SSSR count). The summed E-state index contributed by atoms with van der Waals surface area (Å²) in [5.41, 5.74) is 8.75. The first-order chi connectivity index (χ1) is 8.58. The maximum Gasteiger partial charge on any atom is 0.269 e. The standard InChI is InChI=1S/C12H18N4O2/c1-15-5-7-16(8-6-15)14-12(18)9-3-2-4-10(13)11(9)17/h2-4,17H,5-8,13H2,1H3,(H,14,18). The van der Waals surface area contributed by atoms with E-state index in [1.807, 2.05) is 12.1 Å². The van der Waals surface area contributed by atoms with Crippen LogP contribution >= 0.6 is 0 Å². The van der Waals surface area contributed by atoms with Crippen molar-refractivity contribution in [2.75, 3.05) is 39.0 Å². The van der Waals surface area contributed by atoms with Crippen LogP contribution in [0.1, 0.15) is 10.4 Å². The van der Waals surface area contributed by atoms with E-state index in [1.54, 1.807) is 18.2 Å². The SMILES string of the molecule is CN1CCN(NC(=O)c2cccc(N)c2O)CC1. The van der Waals surface area contributed by atoms with Crippen LogP contribution in [0.5, 0.6) is 5.75 Å². The van der Waals surface area contributed by atoms with Gasteiger partial charge >= 0.3 is 0 Å². The van der Waals surface area contributed by atoms with Crippen molar-refractivity contribution in [3.63, 3.8) is 0 Å². The highest BCUT2D eigenvalue weighted by Gasteiger charge is 2.18. The lowest BCUT2D eigenvalue weighted by Crippen LogP contribution is -2.52. The van der Waals surface area contributed by atoms with Gasteiger partial charge < -0.3 is 15.7 Å². The molecule has 1 aromatic rings. The van der Waals surface area contributed by atoms with Gasteiger partial charge in [-0.2, -0.15) is 0 Å². The van der Waals surface area contributed by atoms with Gasteiger partial charge in [0.2, 0.25) is 0 Å². The number of anilines is 1. The van der Waals surface area contributed by atoms with E-state index in [-0.39, 0.29) is 22.9 Å². The van der Waals surface area contributed by atoms with Crippen molar-refractivity contribution in [3.05, 3.63) is 23.8 Å². The molecule has 1 aromatic carbocycles. The molecule has 0 atom stereocenters. The molecule has 98 valence electrons. The zero-order valence-electron chi connectivity index (χ0n) is 10.4. The third kappa shape index (κ3) is 2.72. The minimum atomic E-state index is -0.329. The third-order valence-corrected chi connectivity index (χ3v) is 3.07. The first-order valence-corrected chi connectivity index (χ1v) is 5.90. The fourth-order valence-electron chi connectivity index (χ4n) is 1.87. The Morgan fingerprint density at radius 3 is 2.67 bits per heavy atom. The number of likely N-dealkylation sites (N-methyl/N-ethyl adjacent to an activating group) is 1. The number of aromatic hydroxyl groups is 1. The average molecular weight is 250 g/mol. The van der Waals surface area contributed by atoms with Crippen molar-refractivity contribution in [2.24, 2.45) is 0 Å². The van der Waals surface area contributed by atoms with Crippen LogP contribution < -0.4 is 11.2 Å². The number of phenols is 1. The number of nitrogens with one attached hydrogen (secondary N) is 1. The van der Waals surface area contributed by atoms with Crippen LogP contribution in [0.3, 0.4) is 0 Å². The number of carbonyl (C=O) groups excluding carboxylic acids is 1. The monoisotopic (exact) mass is 250 g/mol. The molecule has 0 spiro atoms. The number of phenolic OH excluding ortho intramolecular Hbond substituents is 1. The highest BCUT2D eigenvalue weighted by Crippen LogP contribution is 2.24. The zero-order valence-corrected chi connectivity index (χ0v) is 10.4. The van der Waals surface area contributed by atoms with Gasteiger partial charge in [0.05, 0.1) is 11.3 Å². The Labute approximate surface area is 106 Å². The summed E-state index contributed by atoms with van der Waals surface area (Å²) >= 11 is 0. The Morgan fingerprint density at radius 2 is 2.00 bits per heavy atom.